The predicted octanol–water partition coefficient (Wildman–Crippen LogP) is 3.11. The van der Waals surface area contributed by atoms with Crippen LogP contribution in [0.3, 0.4) is 0 Å². The minimum atomic E-state index is -0.535. The Morgan fingerprint density at radius 1 is 1.07 bits per heavy atom. The summed E-state index contributed by atoms with van der Waals surface area (Å²) < 4.78 is 5.82. The van der Waals surface area contributed by atoms with E-state index in [1.54, 1.807) is 6.92 Å². The Labute approximate surface area is 178 Å². The van der Waals surface area contributed by atoms with Crippen molar-refractivity contribution in [3.8, 4) is 5.75 Å². The van der Waals surface area contributed by atoms with E-state index in [-0.39, 0.29) is 11.8 Å². The maximum atomic E-state index is 12.7. The zero-order chi connectivity index (χ0) is 21.5. The summed E-state index contributed by atoms with van der Waals surface area (Å²) in [5.74, 6) is 0.669. The SMILES string of the molecule is CCc1ccccc1NC(=O)CN1CCN(C(=O)[C@H](C)Oc2cccc(C)c2)CC1. The summed E-state index contributed by atoms with van der Waals surface area (Å²) in [5, 5.41) is 3.01. The molecule has 2 aromatic carbocycles. The van der Waals surface area contributed by atoms with Crippen LogP contribution in [0, 0.1) is 6.92 Å². The second-order valence-electron chi connectivity index (χ2n) is 7.74. The molecule has 0 unspecified atom stereocenters. The third kappa shape index (κ3) is 5.83. The van der Waals surface area contributed by atoms with Gasteiger partial charge in [0.15, 0.2) is 6.10 Å². The maximum Gasteiger partial charge on any atom is 0.263 e. The first-order chi connectivity index (χ1) is 14.5. The lowest BCUT2D eigenvalue weighted by Crippen LogP contribution is -2.53. The molecule has 0 spiro atoms. The van der Waals surface area contributed by atoms with E-state index in [0.29, 0.717) is 38.5 Å². The van der Waals surface area contributed by atoms with Gasteiger partial charge in [0.2, 0.25) is 5.91 Å². The quantitative estimate of drug-likeness (QED) is 0.763. The van der Waals surface area contributed by atoms with Crippen LogP contribution in [-0.2, 0) is 16.0 Å². The van der Waals surface area contributed by atoms with Gasteiger partial charge >= 0.3 is 0 Å². The van der Waals surface area contributed by atoms with Crippen LogP contribution in [0.2, 0.25) is 0 Å². The highest BCUT2D eigenvalue weighted by Crippen LogP contribution is 2.17. The van der Waals surface area contributed by atoms with E-state index in [1.165, 1.54) is 0 Å². The van der Waals surface area contributed by atoms with Gasteiger partial charge in [0, 0.05) is 31.9 Å². The lowest BCUT2D eigenvalue weighted by atomic mass is 10.1. The minimum absolute atomic E-state index is 0.0162. The number of hydrogen-bond donors (Lipinski definition) is 1. The maximum absolute atomic E-state index is 12.7. The monoisotopic (exact) mass is 409 g/mol. The molecular formula is C24H31N3O3. The van der Waals surface area contributed by atoms with E-state index in [1.807, 2.05) is 60.4 Å². The van der Waals surface area contributed by atoms with Crippen molar-refractivity contribution < 1.29 is 14.3 Å². The van der Waals surface area contributed by atoms with E-state index >= 15 is 0 Å². The molecule has 1 saturated heterocycles. The van der Waals surface area contributed by atoms with Crippen LogP contribution < -0.4 is 10.1 Å². The van der Waals surface area contributed by atoms with Crippen molar-refractivity contribution in [2.24, 2.45) is 0 Å². The fourth-order valence-corrected chi connectivity index (χ4v) is 3.67. The normalized spacial score (nSPS) is 15.5. The summed E-state index contributed by atoms with van der Waals surface area (Å²) in [6.07, 6.45) is 0.340. The van der Waals surface area contributed by atoms with Gasteiger partial charge < -0.3 is 15.0 Å². The highest BCUT2D eigenvalue weighted by Gasteiger charge is 2.26. The molecule has 6 nitrogen and oxygen atoms in total. The van der Waals surface area contributed by atoms with E-state index < -0.39 is 6.10 Å². The zero-order valence-electron chi connectivity index (χ0n) is 18.1. The molecule has 2 amide bonds. The molecule has 6 heteroatoms. The van der Waals surface area contributed by atoms with Crippen LogP contribution in [-0.4, -0.2) is 60.4 Å². The van der Waals surface area contributed by atoms with Crippen LogP contribution in [0.4, 0.5) is 5.69 Å². The van der Waals surface area contributed by atoms with Gasteiger partial charge in [0.05, 0.1) is 6.54 Å². The van der Waals surface area contributed by atoms with Crippen molar-refractivity contribution in [3.05, 3.63) is 59.7 Å². The molecule has 0 aromatic heterocycles. The van der Waals surface area contributed by atoms with Crippen molar-refractivity contribution in [2.75, 3.05) is 38.0 Å². The van der Waals surface area contributed by atoms with Gasteiger partial charge in [-0.05, 0) is 49.6 Å². The average molecular weight is 410 g/mol. The number of nitrogens with zero attached hydrogens (tertiary/aromatic N) is 2. The largest absolute Gasteiger partial charge is 0.481 e. The lowest BCUT2D eigenvalue weighted by Gasteiger charge is -2.35. The molecular weight excluding hydrogens is 378 g/mol. The summed E-state index contributed by atoms with van der Waals surface area (Å²) in [6, 6.07) is 15.6. The second-order valence-corrected chi connectivity index (χ2v) is 7.74. The number of benzene rings is 2. The molecule has 1 fully saturated rings. The Hall–Kier alpha value is -2.86. The number of anilines is 1. The Balaban J connectivity index is 1.45. The zero-order valence-corrected chi connectivity index (χ0v) is 18.1. The molecule has 1 atom stereocenters. The first-order valence-corrected chi connectivity index (χ1v) is 10.6. The Morgan fingerprint density at radius 2 is 1.80 bits per heavy atom. The van der Waals surface area contributed by atoms with Crippen LogP contribution in [0.25, 0.3) is 0 Å². The molecule has 1 heterocycles. The van der Waals surface area contributed by atoms with Gasteiger partial charge in [-0.15, -0.1) is 0 Å². The topological polar surface area (TPSA) is 61.9 Å². The molecule has 2 aromatic rings. The van der Waals surface area contributed by atoms with Crippen molar-refractivity contribution >= 4 is 17.5 Å². The van der Waals surface area contributed by atoms with E-state index in [2.05, 4.69) is 17.1 Å². The molecule has 160 valence electrons. The highest BCUT2D eigenvalue weighted by molar-refractivity contribution is 5.93. The van der Waals surface area contributed by atoms with E-state index in [0.717, 1.165) is 23.2 Å². The molecule has 0 saturated carbocycles. The molecule has 0 radical (unpaired) electrons. The summed E-state index contributed by atoms with van der Waals surface area (Å²) >= 11 is 0. The van der Waals surface area contributed by atoms with Gasteiger partial charge in [-0.25, -0.2) is 0 Å². The van der Waals surface area contributed by atoms with Crippen molar-refractivity contribution in [2.45, 2.75) is 33.3 Å². The standard InChI is InChI=1S/C24H31N3O3/c1-4-20-9-5-6-11-22(20)25-23(28)17-26-12-14-27(15-13-26)24(29)19(3)30-21-10-7-8-18(2)16-21/h5-11,16,19H,4,12-15,17H2,1-3H3,(H,25,28)/t19-/m0/s1. The first-order valence-electron chi connectivity index (χ1n) is 10.6. The summed E-state index contributed by atoms with van der Waals surface area (Å²) in [6.45, 7) is 8.72. The van der Waals surface area contributed by atoms with Gasteiger partial charge in [0.1, 0.15) is 5.75 Å². The number of rotatable bonds is 7. The summed E-state index contributed by atoms with van der Waals surface area (Å²) in [7, 11) is 0. The van der Waals surface area contributed by atoms with E-state index in [4.69, 9.17) is 4.74 Å². The Morgan fingerprint density at radius 3 is 2.50 bits per heavy atom. The smallest absolute Gasteiger partial charge is 0.263 e. The third-order valence-electron chi connectivity index (χ3n) is 5.37. The number of para-hydroxylation sites is 1. The molecule has 30 heavy (non-hydrogen) atoms. The van der Waals surface area contributed by atoms with Crippen LogP contribution >= 0.6 is 0 Å². The number of amides is 2. The molecule has 1 aliphatic heterocycles. The number of carbonyl (C=O) groups excluding carboxylic acids is 2. The van der Waals surface area contributed by atoms with Gasteiger partial charge in [-0.3, -0.25) is 14.5 Å². The Bertz CT molecular complexity index is 876. The number of nitrogens with one attached hydrogen (secondary N) is 1. The molecule has 1 aliphatic rings. The van der Waals surface area contributed by atoms with Crippen LogP contribution in [0.5, 0.6) is 5.75 Å². The number of carbonyl (C=O) groups is 2. The Kier molecular flexibility index (Phi) is 7.46. The van der Waals surface area contributed by atoms with Crippen LogP contribution in [0.15, 0.2) is 48.5 Å². The molecule has 0 bridgehead atoms. The van der Waals surface area contributed by atoms with Gasteiger partial charge in [0.25, 0.3) is 5.91 Å². The number of piperazine rings is 1. The summed E-state index contributed by atoms with van der Waals surface area (Å²) in [4.78, 5) is 29.1. The van der Waals surface area contributed by atoms with Crippen molar-refractivity contribution in [1.29, 1.82) is 0 Å². The minimum Gasteiger partial charge on any atom is -0.481 e. The predicted molar refractivity (Wildman–Crippen MR) is 119 cm³/mol. The first kappa shape index (κ1) is 21.8. The second kappa shape index (κ2) is 10.3. The van der Waals surface area contributed by atoms with Crippen molar-refractivity contribution in [1.82, 2.24) is 9.80 Å². The average Bonchev–Trinajstić information content (AvgIpc) is 2.74. The lowest BCUT2D eigenvalue weighted by molar-refractivity contribution is -0.139. The number of aryl methyl sites for hydroxylation is 2. The fourth-order valence-electron chi connectivity index (χ4n) is 3.67. The van der Waals surface area contributed by atoms with Crippen LogP contribution in [0.1, 0.15) is 25.0 Å². The van der Waals surface area contributed by atoms with E-state index in [9.17, 15) is 9.59 Å². The van der Waals surface area contributed by atoms with Gasteiger partial charge in [-0.1, -0.05) is 37.3 Å². The third-order valence-corrected chi connectivity index (χ3v) is 5.37. The highest BCUT2D eigenvalue weighted by atomic mass is 16.5. The van der Waals surface area contributed by atoms with Crippen molar-refractivity contribution in [3.63, 3.8) is 0 Å². The fraction of sp³-hybridized carbons (Fsp3) is 0.417. The molecule has 0 aliphatic carbocycles. The molecule has 3 rings (SSSR count). The summed E-state index contributed by atoms with van der Waals surface area (Å²) in [5.41, 5.74) is 3.10. The molecule has 1 N–H and O–H groups in total. The van der Waals surface area contributed by atoms with Gasteiger partial charge in [-0.2, -0.15) is 0 Å². The number of ether oxygens (including phenoxy) is 1. The number of hydrogen-bond acceptors (Lipinski definition) is 4.